The summed E-state index contributed by atoms with van der Waals surface area (Å²) in [6.45, 7) is 4.59. The molecule has 19 heavy (non-hydrogen) atoms. The molecule has 0 aliphatic carbocycles. The Hall–Kier alpha value is -1.75. The number of benzene rings is 1. The van der Waals surface area contributed by atoms with E-state index in [9.17, 15) is 9.90 Å². The van der Waals surface area contributed by atoms with Crippen LogP contribution in [0.5, 0.6) is 5.75 Å². The number of methoxy groups -OCH3 is 1. The van der Waals surface area contributed by atoms with Gasteiger partial charge in [-0.05, 0) is 18.1 Å². The van der Waals surface area contributed by atoms with Crippen molar-refractivity contribution in [2.45, 2.75) is 19.4 Å². The third kappa shape index (κ3) is 2.26. The molecule has 1 fully saturated rings. The van der Waals surface area contributed by atoms with E-state index in [0.29, 0.717) is 30.1 Å². The zero-order valence-corrected chi connectivity index (χ0v) is 11.5. The van der Waals surface area contributed by atoms with Crippen LogP contribution in [0.3, 0.4) is 0 Å². The lowest BCUT2D eigenvalue weighted by Crippen LogP contribution is -2.66. The number of likely N-dealkylation sites (tertiary alicyclic amines) is 1. The first-order valence-electron chi connectivity index (χ1n) is 6.33. The molecule has 1 heterocycles. The number of aliphatic hydroxyl groups is 1. The monoisotopic (exact) mass is 264 g/mol. The topological polar surface area (TPSA) is 75.8 Å². The molecule has 104 valence electrons. The Labute approximate surface area is 113 Å². The quantitative estimate of drug-likeness (QED) is 0.802. The summed E-state index contributed by atoms with van der Waals surface area (Å²) in [4.78, 5) is 13.9. The smallest absolute Gasteiger partial charge is 0.256 e. The van der Waals surface area contributed by atoms with Gasteiger partial charge in [-0.1, -0.05) is 19.9 Å². The summed E-state index contributed by atoms with van der Waals surface area (Å²) in [5, 5.41) is 10.2. The molecule has 1 aliphatic rings. The molecule has 1 saturated heterocycles. The minimum absolute atomic E-state index is 0.124. The van der Waals surface area contributed by atoms with E-state index in [1.165, 1.54) is 7.11 Å². The summed E-state index contributed by atoms with van der Waals surface area (Å²) in [6.07, 6.45) is 0. The molecule has 1 aliphatic heterocycles. The van der Waals surface area contributed by atoms with Crippen molar-refractivity contribution < 1.29 is 14.6 Å². The predicted molar refractivity (Wildman–Crippen MR) is 73.1 cm³/mol. The number of β-amino-alcohol motifs (C(OH)–C–C–N with tert-alkyl or cyclic N) is 1. The number of nitrogens with zero attached hydrogens (tertiary/aromatic N) is 1. The van der Waals surface area contributed by atoms with Gasteiger partial charge >= 0.3 is 0 Å². The lowest BCUT2D eigenvalue weighted by molar-refractivity contribution is -0.110. The zero-order valence-electron chi connectivity index (χ0n) is 11.5. The highest BCUT2D eigenvalue weighted by Crippen LogP contribution is 2.32. The fourth-order valence-corrected chi connectivity index (χ4v) is 2.20. The Morgan fingerprint density at radius 1 is 1.47 bits per heavy atom. The van der Waals surface area contributed by atoms with Gasteiger partial charge in [0, 0.05) is 0 Å². The van der Waals surface area contributed by atoms with Crippen LogP contribution in [-0.2, 0) is 0 Å². The van der Waals surface area contributed by atoms with Gasteiger partial charge in [0.05, 0.1) is 31.5 Å². The van der Waals surface area contributed by atoms with Gasteiger partial charge in [-0.2, -0.15) is 0 Å². The first-order chi connectivity index (χ1) is 8.89. The lowest BCUT2D eigenvalue weighted by Gasteiger charge is -2.49. The second-order valence-corrected chi connectivity index (χ2v) is 5.34. The van der Waals surface area contributed by atoms with Gasteiger partial charge in [-0.15, -0.1) is 0 Å². The van der Waals surface area contributed by atoms with Crippen molar-refractivity contribution in [2.24, 2.45) is 5.92 Å². The summed E-state index contributed by atoms with van der Waals surface area (Å²) in [7, 11) is 1.51. The average molecular weight is 264 g/mol. The highest BCUT2D eigenvalue weighted by atomic mass is 16.5. The van der Waals surface area contributed by atoms with E-state index in [4.69, 9.17) is 10.5 Å². The molecule has 0 spiro atoms. The molecule has 5 nitrogen and oxygen atoms in total. The molecule has 5 heteroatoms. The molecular weight excluding hydrogens is 244 g/mol. The van der Waals surface area contributed by atoms with E-state index < -0.39 is 5.60 Å². The van der Waals surface area contributed by atoms with Crippen molar-refractivity contribution in [2.75, 3.05) is 25.9 Å². The van der Waals surface area contributed by atoms with Crippen LogP contribution in [0.4, 0.5) is 5.69 Å². The molecule has 0 unspecified atom stereocenters. The van der Waals surface area contributed by atoms with Crippen molar-refractivity contribution in [3.05, 3.63) is 23.8 Å². The molecule has 0 saturated carbocycles. The van der Waals surface area contributed by atoms with E-state index in [-0.39, 0.29) is 11.8 Å². The highest BCUT2D eigenvalue weighted by molar-refractivity contribution is 6.00. The Kier molecular flexibility index (Phi) is 3.41. The molecule has 2 rings (SSSR count). The van der Waals surface area contributed by atoms with Crippen LogP contribution in [0, 0.1) is 5.92 Å². The summed E-state index contributed by atoms with van der Waals surface area (Å²) in [5.41, 5.74) is 5.89. The minimum atomic E-state index is -0.775. The standard InChI is InChI=1S/C14H20N2O3/c1-9(2)14(18)7-16(8-14)13(17)10-5-4-6-11(19-3)12(10)15/h4-6,9,18H,7-8,15H2,1-3H3. The number of para-hydroxylation sites is 1. The van der Waals surface area contributed by atoms with E-state index in [2.05, 4.69) is 0 Å². The molecule has 3 N–H and O–H groups in total. The van der Waals surface area contributed by atoms with Crippen LogP contribution in [0.25, 0.3) is 0 Å². The van der Waals surface area contributed by atoms with Gasteiger partial charge in [0.1, 0.15) is 11.4 Å². The van der Waals surface area contributed by atoms with E-state index in [0.717, 1.165) is 0 Å². The van der Waals surface area contributed by atoms with Crippen molar-refractivity contribution in [3.63, 3.8) is 0 Å². The number of rotatable bonds is 3. The van der Waals surface area contributed by atoms with E-state index >= 15 is 0 Å². The lowest BCUT2D eigenvalue weighted by atomic mass is 9.82. The van der Waals surface area contributed by atoms with Crippen molar-refractivity contribution in [3.8, 4) is 5.75 Å². The number of hydrogen-bond acceptors (Lipinski definition) is 4. The zero-order chi connectivity index (χ0) is 14.2. The number of nitrogen functional groups attached to an aromatic ring is 1. The molecule has 1 amide bonds. The third-order valence-electron chi connectivity index (χ3n) is 3.81. The molecule has 0 atom stereocenters. The number of carbonyl (C=O) groups is 1. The van der Waals surface area contributed by atoms with E-state index in [1.54, 1.807) is 23.1 Å². The second kappa shape index (κ2) is 4.74. The van der Waals surface area contributed by atoms with Gasteiger partial charge in [0.25, 0.3) is 5.91 Å². The second-order valence-electron chi connectivity index (χ2n) is 5.34. The maximum absolute atomic E-state index is 12.3. The summed E-state index contributed by atoms with van der Waals surface area (Å²) in [5.74, 6) is 0.450. The van der Waals surface area contributed by atoms with E-state index in [1.807, 2.05) is 13.8 Å². The SMILES string of the molecule is COc1cccc(C(=O)N2CC(O)(C(C)C)C2)c1N. The molecule has 0 bridgehead atoms. The predicted octanol–water partition coefficient (Wildman–Crippen LogP) is 1.12. The van der Waals surface area contributed by atoms with Crippen LogP contribution in [0.15, 0.2) is 18.2 Å². The van der Waals surface area contributed by atoms with Crippen LogP contribution in [0.1, 0.15) is 24.2 Å². The first-order valence-corrected chi connectivity index (χ1v) is 6.33. The van der Waals surface area contributed by atoms with Crippen molar-refractivity contribution in [1.29, 1.82) is 0 Å². The fourth-order valence-electron chi connectivity index (χ4n) is 2.20. The third-order valence-corrected chi connectivity index (χ3v) is 3.81. The normalized spacial score (nSPS) is 17.2. The Morgan fingerprint density at radius 3 is 2.63 bits per heavy atom. The largest absolute Gasteiger partial charge is 0.495 e. The molecule has 1 aromatic rings. The van der Waals surface area contributed by atoms with Crippen LogP contribution < -0.4 is 10.5 Å². The molecular formula is C14H20N2O3. The van der Waals surface area contributed by atoms with Crippen LogP contribution in [-0.4, -0.2) is 41.7 Å². The highest BCUT2D eigenvalue weighted by Gasteiger charge is 2.46. The molecule has 0 aromatic heterocycles. The number of amides is 1. The fraction of sp³-hybridized carbons (Fsp3) is 0.500. The number of carbonyl (C=O) groups excluding carboxylic acids is 1. The van der Waals surface area contributed by atoms with Crippen molar-refractivity contribution >= 4 is 11.6 Å². The average Bonchev–Trinajstić information content (AvgIpc) is 2.34. The Bertz CT molecular complexity index is 493. The van der Waals surface area contributed by atoms with Gasteiger partial charge in [0.15, 0.2) is 0 Å². The van der Waals surface area contributed by atoms with Crippen LogP contribution in [0.2, 0.25) is 0 Å². The maximum Gasteiger partial charge on any atom is 0.256 e. The molecule has 0 radical (unpaired) electrons. The summed E-state index contributed by atoms with van der Waals surface area (Å²) in [6, 6.07) is 5.12. The van der Waals surface area contributed by atoms with Gasteiger partial charge in [-0.25, -0.2) is 0 Å². The number of ether oxygens (including phenoxy) is 1. The number of nitrogens with two attached hydrogens (primary N) is 1. The summed E-state index contributed by atoms with van der Waals surface area (Å²) < 4.78 is 5.10. The number of anilines is 1. The Balaban J connectivity index is 2.15. The minimum Gasteiger partial charge on any atom is -0.495 e. The van der Waals surface area contributed by atoms with Crippen LogP contribution >= 0.6 is 0 Å². The maximum atomic E-state index is 12.3. The first kappa shape index (κ1) is 13.7. The van der Waals surface area contributed by atoms with Gasteiger partial charge < -0.3 is 20.5 Å². The number of hydrogen-bond donors (Lipinski definition) is 2. The summed E-state index contributed by atoms with van der Waals surface area (Å²) >= 11 is 0. The van der Waals surface area contributed by atoms with Gasteiger partial charge in [-0.3, -0.25) is 4.79 Å². The molecule has 1 aromatic carbocycles. The Morgan fingerprint density at radius 2 is 2.11 bits per heavy atom. The van der Waals surface area contributed by atoms with Crippen molar-refractivity contribution in [1.82, 2.24) is 4.90 Å². The van der Waals surface area contributed by atoms with Gasteiger partial charge in [0.2, 0.25) is 0 Å².